The third kappa shape index (κ3) is 0.612. The fraction of sp³-hybridized carbons (Fsp3) is 0.857. The predicted molar refractivity (Wildman–Crippen MR) is 34.0 cm³/mol. The van der Waals surface area contributed by atoms with Gasteiger partial charge in [0.25, 0.3) is 5.92 Å². The first-order chi connectivity index (χ1) is 5.53. The van der Waals surface area contributed by atoms with E-state index in [2.05, 4.69) is 4.74 Å². The number of halogens is 2. The van der Waals surface area contributed by atoms with Gasteiger partial charge in [-0.2, -0.15) is 0 Å². The van der Waals surface area contributed by atoms with E-state index in [9.17, 15) is 13.6 Å². The molecule has 1 aliphatic heterocycles. The summed E-state index contributed by atoms with van der Waals surface area (Å²) < 4.78 is 30.5. The van der Waals surface area contributed by atoms with Gasteiger partial charge in [-0.25, -0.2) is 13.6 Å². The van der Waals surface area contributed by atoms with E-state index >= 15 is 0 Å². The van der Waals surface area contributed by atoms with Crippen LogP contribution in [0.3, 0.4) is 0 Å². The van der Waals surface area contributed by atoms with Crippen LogP contribution in [-0.2, 0) is 9.53 Å². The largest absolute Gasteiger partial charge is 0.479 e. The fourth-order valence-corrected chi connectivity index (χ4v) is 1.90. The van der Waals surface area contributed by atoms with Crippen LogP contribution in [0.25, 0.3) is 0 Å². The highest BCUT2D eigenvalue weighted by molar-refractivity contribution is 5.85. The standard InChI is InChI=1S/C7H8F2O3/c8-7(9)4-2-1-3-12-6(4,7)5(10)11/h4H,1-3H2,(H,10,11)/t4-,6+/m1/s1. The molecule has 0 aromatic carbocycles. The summed E-state index contributed by atoms with van der Waals surface area (Å²) >= 11 is 0. The Hall–Kier alpha value is -0.710. The molecule has 0 bridgehead atoms. The molecule has 0 aromatic heterocycles. The molecule has 1 N–H and O–H groups in total. The van der Waals surface area contributed by atoms with Crippen LogP contribution in [-0.4, -0.2) is 29.2 Å². The van der Waals surface area contributed by atoms with Crippen molar-refractivity contribution in [3.8, 4) is 0 Å². The van der Waals surface area contributed by atoms with Gasteiger partial charge in [-0.15, -0.1) is 0 Å². The van der Waals surface area contributed by atoms with E-state index < -0.39 is 23.4 Å². The van der Waals surface area contributed by atoms with Crippen LogP contribution >= 0.6 is 0 Å². The van der Waals surface area contributed by atoms with E-state index in [0.29, 0.717) is 6.42 Å². The maximum atomic E-state index is 12.9. The molecule has 2 atom stereocenters. The molecule has 1 saturated carbocycles. The SMILES string of the molecule is O=C(O)[C@@]12OCCC[C@H]1C2(F)F. The molecule has 0 amide bonds. The molecule has 1 aliphatic carbocycles. The Kier molecular flexibility index (Phi) is 1.29. The van der Waals surface area contributed by atoms with Crippen LogP contribution in [0.5, 0.6) is 0 Å². The lowest BCUT2D eigenvalue weighted by Crippen LogP contribution is -2.35. The number of rotatable bonds is 1. The Bertz CT molecular complexity index is 241. The van der Waals surface area contributed by atoms with Gasteiger partial charge in [0, 0.05) is 6.61 Å². The fourth-order valence-electron chi connectivity index (χ4n) is 1.90. The van der Waals surface area contributed by atoms with Crippen LogP contribution in [0.15, 0.2) is 0 Å². The minimum absolute atomic E-state index is 0.123. The number of carbonyl (C=O) groups is 1. The molecule has 0 unspecified atom stereocenters. The number of ether oxygens (including phenoxy) is 1. The van der Waals surface area contributed by atoms with Gasteiger partial charge in [-0.05, 0) is 12.8 Å². The second-order valence-electron chi connectivity index (χ2n) is 3.21. The van der Waals surface area contributed by atoms with Crippen molar-refractivity contribution in [2.75, 3.05) is 6.61 Å². The average Bonchev–Trinajstić information content (AvgIpc) is 2.52. The molecular formula is C7H8F2O3. The van der Waals surface area contributed by atoms with Gasteiger partial charge in [-0.3, -0.25) is 0 Å². The summed E-state index contributed by atoms with van der Waals surface area (Å²) in [6.07, 6.45) is 0.772. The van der Waals surface area contributed by atoms with Crippen molar-refractivity contribution in [1.29, 1.82) is 0 Å². The summed E-state index contributed by atoms with van der Waals surface area (Å²) in [5, 5.41) is 8.57. The number of hydrogen-bond acceptors (Lipinski definition) is 2. The molecule has 12 heavy (non-hydrogen) atoms. The first kappa shape index (κ1) is 7.91. The molecule has 0 radical (unpaired) electrons. The molecule has 0 spiro atoms. The Balaban J connectivity index is 2.30. The zero-order valence-electron chi connectivity index (χ0n) is 6.22. The number of aliphatic carboxylic acids is 1. The molecular weight excluding hydrogens is 170 g/mol. The number of carboxylic acids is 1. The van der Waals surface area contributed by atoms with Crippen LogP contribution in [0.4, 0.5) is 8.78 Å². The third-order valence-electron chi connectivity index (χ3n) is 2.62. The van der Waals surface area contributed by atoms with Crippen molar-refractivity contribution in [2.24, 2.45) is 5.92 Å². The molecule has 1 heterocycles. The zero-order valence-corrected chi connectivity index (χ0v) is 6.22. The lowest BCUT2D eigenvalue weighted by Gasteiger charge is -2.16. The second-order valence-corrected chi connectivity index (χ2v) is 3.21. The Labute approximate surface area is 67.3 Å². The molecule has 2 fully saturated rings. The van der Waals surface area contributed by atoms with E-state index in [-0.39, 0.29) is 13.0 Å². The molecule has 1 saturated heterocycles. The lowest BCUT2D eigenvalue weighted by molar-refractivity contribution is -0.164. The van der Waals surface area contributed by atoms with E-state index in [1.165, 1.54) is 0 Å². The van der Waals surface area contributed by atoms with E-state index in [0.717, 1.165) is 0 Å². The molecule has 2 aliphatic rings. The smallest absolute Gasteiger partial charge is 0.342 e. The first-order valence-corrected chi connectivity index (χ1v) is 3.78. The topological polar surface area (TPSA) is 46.5 Å². The summed E-state index contributed by atoms with van der Waals surface area (Å²) in [7, 11) is 0. The molecule has 3 nitrogen and oxygen atoms in total. The van der Waals surface area contributed by atoms with Gasteiger partial charge in [0.05, 0.1) is 5.92 Å². The molecule has 68 valence electrons. The van der Waals surface area contributed by atoms with Crippen molar-refractivity contribution in [3.05, 3.63) is 0 Å². The number of fused-ring (bicyclic) bond motifs is 1. The van der Waals surface area contributed by atoms with Crippen molar-refractivity contribution in [3.63, 3.8) is 0 Å². The monoisotopic (exact) mass is 178 g/mol. The lowest BCUT2D eigenvalue weighted by atomic mass is 10.1. The van der Waals surface area contributed by atoms with Crippen LogP contribution < -0.4 is 0 Å². The highest BCUT2D eigenvalue weighted by Crippen LogP contribution is 2.64. The summed E-state index contributed by atoms with van der Waals surface area (Å²) in [6, 6.07) is 0. The highest BCUT2D eigenvalue weighted by atomic mass is 19.3. The predicted octanol–water partition coefficient (Wildman–Crippen LogP) is 0.885. The Morgan fingerprint density at radius 2 is 2.25 bits per heavy atom. The maximum absolute atomic E-state index is 12.9. The van der Waals surface area contributed by atoms with Crippen LogP contribution in [0.2, 0.25) is 0 Å². The van der Waals surface area contributed by atoms with E-state index in [1.807, 2.05) is 0 Å². The maximum Gasteiger partial charge on any atom is 0.342 e. The number of hydrogen-bond donors (Lipinski definition) is 1. The summed E-state index contributed by atoms with van der Waals surface area (Å²) in [6.45, 7) is 0.123. The quantitative estimate of drug-likeness (QED) is 0.648. The number of carboxylic acid groups (broad SMARTS) is 1. The highest BCUT2D eigenvalue weighted by Gasteiger charge is 2.87. The molecule has 2 rings (SSSR count). The number of alkyl halides is 2. The van der Waals surface area contributed by atoms with E-state index in [4.69, 9.17) is 5.11 Å². The van der Waals surface area contributed by atoms with Crippen molar-refractivity contribution in [1.82, 2.24) is 0 Å². The van der Waals surface area contributed by atoms with Gasteiger partial charge in [0.15, 0.2) is 0 Å². The minimum atomic E-state index is -3.16. The summed E-state index contributed by atoms with van der Waals surface area (Å²) in [5.41, 5.74) is -2.18. The molecule has 0 aromatic rings. The third-order valence-corrected chi connectivity index (χ3v) is 2.62. The van der Waals surface area contributed by atoms with Crippen molar-refractivity contribution >= 4 is 5.97 Å². The van der Waals surface area contributed by atoms with Gasteiger partial charge in [0.1, 0.15) is 0 Å². The first-order valence-electron chi connectivity index (χ1n) is 3.78. The van der Waals surface area contributed by atoms with Crippen LogP contribution in [0.1, 0.15) is 12.8 Å². The van der Waals surface area contributed by atoms with Gasteiger partial charge in [0.2, 0.25) is 5.60 Å². The van der Waals surface area contributed by atoms with Crippen molar-refractivity contribution < 1.29 is 23.4 Å². The second kappa shape index (κ2) is 1.96. The van der Waals surface area contributed by atoms with Gasteiger partial charge in [-0.1, -0.05) is 0 Å². The zero-order chi connectivity index (χ0) is 8.98. The average molecular weight is 178 g/mol. The Morgan fingerprint density at radius 3 is 2.67 bits per heavy atom. The van der Waals surface area contributed by atoms with Gasteiger partial charge >= 0.3 is 5.97 Å². The molecule has 5 heteroatoms. The summed E-state index contributed by atoms with van der Waals surface area (Å²) in [4.78, 5) is 10.5. The van der Waals surface area contributed by atoms with E-state index in [1.54, 1.807) is 0 Å². The van der Waals surface area contributed by atoms with Crippen LogP contribution in [0, 0.1) is 5.92 Å². The summed E-state index contributed by atoms with van der Waals surface area (Å²) in [5.74, 6) is -5.79. The Morgan fingerprint density at radius 1 is 1.58 bits per heavy atom. The van der Waals surface area contributed by atoms with Crippen molar-refractivity contribution in [2.45, 2.75) is 24.4 Å². The van der Waals surface area contributed by atoms with Gasteiger partial charge < -0.3 is 9.84 Å². The minimum Gasteiger partial charge on any atom is -0.479 e. The normalized spacial score (nSPS) is 43.3.